The normalized spacial score (nSPS) is 17.5. The number of benzene rings is 1. The minimum Gasteiger partial charge on any atom is -0.493 e. The third-order valence-corrected chi connectivity index (χ3v) is 5.28. The van der Waals surface area contributed by atoms with Crippen LogP contribution >= 0.6 is 0 Å². The van der Waals surface area contributed by atoms with Gasteiger partial charge in [-0.05, 0) is 55.0 Å². The number of carbonyl (C=O) groups is 1. The lowest BCUT2D eigenvalue weighted by Crippen LogP contribution is -2.44. The van der Waals surface area contributed by atoms with Gasteiger partial charge in [0.2, 0.25) is 0 Å². The lowest BCUT2D eigenvalue weighted by molar-refractivity contribution is 0.0704. The molecule has 1 aromatic carbocycles. The zero-order valence-electron chi connectivity index (χ0n) is 15.0. The van der Waals surface area contributed by atoms with Crippen molar-refractivity contribution in [2.24, 2.45) is 0 Å². The highest BCUT2D eigenvalue weighted by atomic mass is 16.5. The number of ether oxygens (including phenoxy) is 1. The second kappa shape index (κ2) is 7.87. The molecule has 1 amide bonds. The number of amides is 1. The molecule has 1 saturated heterocycles. The quantitative estimate of drug-likeness (QED) is 0.920. The molecule has 0 aliphatic carbocycles. The predicted octanol–water partition coefficient (Wildman–Crippen LogP) is 2.80. The van der Waals surface area contributed by atoms with Gasteiger partial charge in [0.05, 0.1) is 6.61 Å². The van der Waals surface area contributed by atoms with Gasteiger partial charge in [-0.25, -0.2) is 0 Å². The Balaban J connectivity index is 1.27. The van der Waals surface area contributed by atoms with Gasteiger partial charge in [0.15, 0.2) is 0 Å². The molecule has 0 spiro atoms. The molecular weight excluding hydrogens is 326 g/mol. The molecule has 26 heavy (non-hydrogen) atoms. The second-order valence-corrected chi connectivity index (χ2v) is 7.08. The summed E-state index contributed by atoms with van der Waals surface area (Å²) in [7, 11) is 0. The van der Waals surface area contributed by atoms with Gasteiger partial charge in [0.1, 0.15) is 5.75 Å². The molecule has 0 atom stereocenters. The van der Waals surface area contributed by atoms with Crippen molar-refractivity contribution in [1.82, 2.24) is 15.2 Å². The first kappa shape index (κ1) is 17.0. The number of nitrogens with one attached hydrogen (secondary N) is 1. The summed E-state index contributed by atoms with van der Waals surface area (Å²) < 4.78 is 5.68. The molecule has 4 rings (SSSR count). The number of likely N-dealkylation sites (tertiary alicyclic amines) is 1. The van der Waals surface area contributed by atoms with E-state index in [0.29, 0.717) is 6.04 Å². The number of nitrogens with zero attached hydrogens (tertiary/aromatic N) is 2. The molecule has 3 heterocycles. The van der Waals surface area contributed by atoms with Crippen LogP contribution in [0.2, 0.25) is 0 Å². The van der Waals surface area contributed by atoms with Crippen LogP contribution in [0.3, 0.4) is 0 Å². The predicted molar refractivity (Wildman–Crippen MR) is 100 cm³/mol. The maximum absolute atomic E-state index is 12.5. The van der Waals surface area contributed by atoms with Crippen LogP contribution in [0.1, 0.15) is 40.7 Å². The second-order valence-electron chi connectivity index (χ2n) is 7.08. The number of aromatic nitrogens is 1. The number of hydrogen-bond acceptors (Lipinski definition) is 4. The molecule has 1 aromatic heterocycles. The Kier molecular flexibility index (Phi) is 5.16. The fourth-order valence-corrected chi connectivity index (χ4v) is 3.75. The Hall–Kier alpha value is -2.40. The number of rotatable bonds is 4. The van der Waals surface area contributed by atoms with E-state index >= 15 is 0 Å². The fourth-order valence-electron chi connectivity index (χ4n) is 3.75. The van der Waals surface area contributed by atoms with Crippen molar-refractivity contribution in [1.29, 1.82) is 0 Å². The molecule has 2 aliphatic rings. The minimum absolute atomic E-state index is 0.112. The van der Waals surface area contributed by atoms with Gasteiger partial charge in [-0.1, -0.05) is 12.1 Å². The number of aryl methyl sites for hydroxylation is 1. The lowest BCUT2D eigenvalue weighted by Gasteiger charge is -2.32. The van der Waals surface area contributed by atoms with Crippen molar-refractivity contribution in [2.75, 3.05) is 19.7 Å². The molecule has 0 radical (unpaired) electrons. The Morgan fingerprint density at radius 1 is 1.19 bits per heavy atom. The highest BCUT2D eigenvalue weighted by molar-refractivity contribution is 5.94. The largest absolute Gasteiger partial charge is 0.493 e. The standard InChI is InChI=1S/C21H25N3O2/c25-21(17-5-9-22-10-6-17)24-11-7-19(8-12-24)23-15-16-3-4-20-18(14-16)2-1-13-26-20/h3-6,9-10,14,19,23H,1-2,7-8,11-13,15H2. The van der Waals surface area contributed by atoms with Crippen LogP contribution in [-0.2, 0) is 13.0 Å². The summed E-state index contributed by atoms with van der Waals surface area (Å²) in [6, 6.07) is 10.5. The molecule has 1 fully saturated rings. The van der Waals surface area contributed by atoms with Crippen molar-refractivity contribution >= 4 is 5.91 Å². The van der Waals surface area contributed by atoms with E-state index in [-0.39, 0.29) is 5.91 Å². The molecule has 0 saturated carbocycles. The maximum Gasteiger partial charge on any atom is 0.253 e. The first-order valence-corrected chi connectivity index (χ1v) is 9.47. The van der Waals surface area contributed by atoms with Gasteiger partial charge in [0.25, 0.3) is 5.91 Å². The first-order valence-electron chi connectivity index (χ1n) is 9.47. The van der Waals surface area contributed by atoms with Crippen LogP contribution in [-0.4, -0.2) is 41.5 Å². The average Bonchev–Trinajstić information content (AvgIpc) is 2.72. The summed E-state index contributed by atoms with van der Waals surface area (Å²) in [6.07, 6.45) is 7.54. The van der Waals surface area contributed by atoms with Crippen molar-refractivity contribution in [3.8, 4) is 5.75 Å². The molecule has 0 bridgehead atoms. The average molecular weight is 351 g/mol. The Labute approximate surface area is 154 Å². The third-order valence-electron chi connectivity index (χ3n) is 5.28. The summed E-state index contributed by atoms with van der Waals surface area (Å²) in [5, 5.41) is 3.66. The summed E-state index contributed by atoms with van der Waals surface area (Å²) in [5.74, 6) is 1.16. The SMILES string of the molecule is O=C(c1ccncc1)N1CCC(NCc2ccc3c(c2)CCCO3)CC1. The molecule has 136 valence electrons. The fraction of sp³-hybridized carbons (Fsp3) is 0.429. The van der Waals surface area contributed by atoms with E-state index in [9.17, 15) is 4.79 Å². The van der Waals surface area contributed by atoms with Gasteiger partial charge in [-0.3, -0.25) is 9.78 Å². The number of piperidine rings is 1. The minimum atomic E-state index is 0.112. The highest BCUT2D eigenvalue weighted by Gasteiger charge is 2.23. The molecular formula is C21H25N3O2. The van der Waals surface area contributed by atoms with Gasteiger partial charge in [-0.15, -0.1) is 0 Å². The van der Waals surface area contributed by atoms with Crippen LogP contribution in [0.5, 0.6) is 5.75 Å². The molecule has 0 unspecified atom stereocenters. The lowest BCUT2D eigenvalue weighted by atomic mass is 10.0. The summed E-state index contributed by atoms with van der Waals surface area (Å²) >= 11 is 0. The van der Waals surface area contributed by atoms with E-state index in [2.05, 4.69) is 28.5 Å². The van der Waals surface area contributed by atoms with E-state index in [1.807, 2.05) is 4.90 Å². The monoisotopic (exact) mass is 351 g/mol. The van der Waals surface area contributed by atoms with Crippen molar-refractivity contribution < 1.29 is 9.53 Å². The smallest absolute Gasteiger partial charge is 0.253 e. The van der Waals surface area contributed by atoms with E-state index in [1.54, 1.807) is 24.5 Å². The number of carbonyl (C=O) groups excluding carboxylic acids is 1. The van der Waals surface area contributed by atoms with Crippen LogP contribution in [0.25, 0.3) is 0 Å². The van der Waals surface area contributed by atoms with Crippen molar-refractivity contribution in [2.45, 2.75) is 38.3 Å². The van der Waals surface area contributed by atoms with Gasteiger partial charge in [-0.2, -0.15) is 0 Å². The van der Waals surface area contributed by atoms with Gasteiger partial charge < -0.3 is 15.0 Å². The van der Waals surface area contributed by atoms with E-state index in [1.165, 1.54) is 11.1 Å². The molecule has 2 aromatic rings. The number of hydrogen-bond donors (Lipinski definition) is 1. The zero-order valence-corrected chi connectivity index (χ0v) is 15.0. The summed E-state index contributed by atoms with van der Waals surface area (Å²) in [5.41, 5.74) is 3.36. The van der Waals surface area contributed by atoms with Crippen LogP contribution in [0.15, 0.2) is 42.7 Å². The Morgan fingerprint density at radius 3 is 2.81 bits per heavy atom. The maximum atomic E-state index is 12.5. The zero-order chi connectivity index (χ0) is 17.8. The van der Waals surface area contributed by atoms with E-state index in [4.69, 9.17) is 4.74 Å². The summed E-state index contributed by atoms with van der Waals surface area (Å²) in [6.45, 7) is 3.31. The van der Waals surface area contributed by atoms with E-state index in [0.717, 1.165) is 63.2 Å². The van der Waals surface area contributed by atoms with E-state index < -0.39 is 0 Å². The van der Waals surface area contributed by atoms with Crippen LogP contribution in [0, 0.1) is 0 Å². The van der Waals surface area contributed by atoms with Crippen LogP contribution < -0.4 is 10.1 Å². The molecule has 1 N–H and O–H groups in total. The molecule has 2 aliphatic heterocycles. The van der Waals surface area contributed by atoms with Crippen LogP contribution in [0.4, 0.5) is 0 Å². The van der Waals surface area contributed by atoms with Crippen molar-refractivity contribution in [3.63, 3.8) is 0 Å². The van der Waals surface area contributed by atoms with Gasteiger partial charge >= 0.3 is 0 Å². The molecule has 5 nitrogen and oxygen atoms in total. The van der Waals surface area contributed by atoms with Gasteiger partial charge in [0, 0.05) is 43.6 Å². The topological polar surface area (TPSA) is 54.5 Å². The van der Waals surface area contributed by atoms with Crippen molar-refractivity contribution in [3.05, 3.63) is 59.4 Å². The first-order chi connectivity index (χ1) is 12.8. The number of fused-ring (bicyclic) bond motifs is 1. The highest BCUT2D eigenvalue weighted by Crippen LogP contribution is 2.25. The summed E-state index contributed by atoms with van der Waals surface area (Å²) in [4.78, 5) is 18.4. The number of pyridine rings is 1. The Bertz CT molecular complexity index is 755. The third kappa shape index (κ3) is 3.88. The molecule has 5 heteroatoms. The Morgan fingerprint density at radius 2 is 2.00 bits per heavy atom.